The Morgan fingerprint density at radius 1 is 1.57 bits per heavy atom. The van der Waals surface area contributed by atoms with E-state index in [-0.39, 0.29) is 4.70 Å². The lowest BCUT2D eigenvalue weighted by molar-refractivity contribution is 1.11. The predicted molar refractivity (Wildman–Crippen MR) is 35.0 cm³/mol. The van der Waals surface area contributed by atoms with Crippen LogP contribution in [0.25, 0.3) is 0 Å². The fraction of sp³-hybridized carbons (Fsp3) is 0.600. The van der Waals surface area contributed by atoms with E-state index in [4.69, 9.17) is 6.42 Å². The van der Waals surface area contributed by atoms with Crippen LogP contribution in [-0.2, 0) is 0 Å². The highest BCUT2D eigenvalue weighted by molar-refractivity contribution is 6.56. The van der Waals surface area contributed by atoms with Crippen molar-refractivity contribution in [2.45, 2.75) is 19.1 Å². The van der Waals surface area contributed by atoms with Gasteiger partial charge in [-0.25, -0.2) is 0 Å². The third kappa shape index (κ3) is 10.7. The number of halogens is 1. The maximum absolute atomic E-state index is 5.01. The van der Waals surface area contributed by atoms with Gasteiger partial charge in [0.25, 0.3) is 0 Å². The van der Waals surface area contributed by atoms with Gasteiger partial charge in [-0.1, -0.05) is 13.1 Å². The van der Waals surface area contributed by atoms with Crippen LogP contribution in [0.3, 0.4) is 0 Å². The fourth-order valence-corrected chi connectivity index (χ4v) is 0.707. The van der Waals surface area contributed by atoms with Crippen molar-refractivity contribution in [3.05, 3.63) is 0 Å². The van der Waals surface area contributed by atoms with Crippen LogP contribution >= 0.6 is 0 Å². The van der Waals surface area contributed by atoms with Gasteiger partial charge in [-0.3, -0.25) is 4.70 Å². The van der Waals surface area contributed by atoms with Crippen molar-refractivity contribution >= 4 is 8.80 Å². The van der Waals surface area contributed by atoms with Gasteiger partial charge in [-0.2, -0.15) is 0 Å². The molecule has 0 unspecified atom stereocenters. The Hall–Kier alpha value is -0.293. The second-order valence-electron chi connectivity index (χ2n) is 1.80. The largest absolute Gasteiger partial charge is 0.269 e. The third-order valence-corrected chi connectivity index (χ3v) is 1.58. The molecule has 0 rings (SSSR count). The van der Waals surface area contributed by atoms with Crippen molar-refractivity contribution in [1.82, 2.24) is 0 Å². The summed E-state index contributed by atoms with van der Waals surface area (Å²) in [7, 11) is -0.407. The minimum absolute atomic E-state index is 0. The van der Waals surface area contributed by atoms with E-state index in [0.29, 0.717) is 0 Å². The van der Waals surface area contributed by atoms with Gasteiger partial charge >= 0.3 is 0 Å². The highest BCUT2D eigenvalue weighted by atomic mass is 28.3. The Labute approximate surface area is 45.9 Å². The highest BCUT2D eigenvalue weighted by Gasteiger charge is 1.86. The SMILES string of the molecule is C#CC[SiH](C)C.F. The van der Waals surface area contributed by atoms with Crippen molar-refractivity contribution in [3.63, 3.8) is 0 Å². The van der Waals surface area contributed by atoms with Gasteiger partial charge in [-0.05, 0) is 6.04 Å². The van der Waals surface area contributed by atoms with Gasteiger partial charge in [0.05, 0.1) is 0 Å². The predicted octanol–water partition coefficient (Wildman–Crippen LogP) is 1.26. The van der Waals surface area contributed by atoms with Crippen molar-refractivity contribution < 1.29 is 4.70 Å². The molecule has 0 fully saturated rings. The minimum Gasteiger partial charge on any atom is -0.269 e. The topological polar surface area (TPSA) is 0 Å². The number of hydrogen-bond acceptors (Lipinski definition) is 0. The van der Waals surface area contributed by atoms with Gasteiger partial charge in [0, 0.05) is 8.80 Å². The van der Waals surface area contributed by atoms with Crippen LogP contribution in [0.15, 0.2) is 0 Å². The molecule has 42 valence electrons. The Morgan fingerprint density at radius 3 is 2.00 bits per heavy atom. The zero-order valence-corrected chi connectivity index (χ0v) is 5.92. The molecule has 0 aliphatic heterocycles. The van der Waals surface area contributed by atoms with E-state index >= 15 is 0 Å². The van der Waals surface area contributed by atoms with E-state index in [2.05, 4.69) is 19.0 Å². The molecule has 0 aromatic rings. The summed E-state index contributed by atoms with van der Waals surface area (Å²) < 4.78 is 0. The molecule has 0 radical (unpaired) electrons. The number of terminal acetylenes is 1. The van der Waals surface area contributed by atoms with Crippen molar-refractivity contribution in [2.75, 3.05) is 0 Å². The average Bonchev–Trinajstić information content (AvgIpc) is 1.35. The molecular weight excluding hydrogens is 107 g/mol. The first-order chi connectivity index (χ1) is 2.77. The lowest BCUT2D eigenvalue weighted by atomic mass is 10.8. The molecule has 0 aliphatic rings. The second kappa shape index (κ2) is 5.71. The molecule has 0 amide bonds. The summed E-state index contributed by atoms with van der Waals surface area (Å²) in [6.07, 6.45) is 5.01. The summed E-state index contributed by atoms with van der Waals surface area (Å²) in [5, 5.41) is 0. The van der Waals surface area contributed by atoms with Gasteiger partial charge in [0.2, 0.25) is 0 Å². The van der Waals surface area contributed by atoms with E-state index < -0.39 is 8.80 Å². The van der Waals surface area contributed by atoms with Crippen LogP contribution in [0.1, 0.15) is 0 Å². The molecule has 2 heteroatoms. The first kappa shape index (κ1) is 9.86. The molecule has 0 aliphatic carbocycles. The van der Waals surface area contributed by atoms with E-state index in [1.165, 1.54) is 0 Å². The van der Waals surface area contributed by atoms with Crippen molar-refractivity contribution in [3.8, 4) is 12.3 Å². The summed E-state index contributed by atoms with van der Waals surface area (Å²) >= 11 is 0. The summed E-state index contributed by atoms with van der Waals surface area (Å²) in [6, 6.07) is 1.04. The normalized spacial score (nSPS) is 7.14. The van der Waals surface area contributed by atoms with E-state index in [9.17, 15) is 0 Å². The molecule has 7 heavy (non-hydrogen) atoms. The van der Waals surface area contributed by atoms with E-state index in [0.717, 1.165) is 6.04 Å². The standard InChI is InChI=1S/C5H10Si.FH/c1-4-5-6(2)3;/h1,6H,5H2,2-3H3;1H. The number of hydrogen-bond donors (Lipinski definition) is 0. The summed E-state index contributed by atoms with van der Waals surface area (Å²) in [5.41, 5.74) is 0. The molecule has 0 heterocycles. The quantitative estimate of drug-likeness (QED) is 0.359. The second-order valence-corrected chi connectivity index (χ2v) is 5.00. The summed E-state index contributed by atoms with van der Waals surface area (Å²) in [6.45, 7) is 4.50. The lowest BCUT2D eigenvalue weighted by Crippen LogP contribution is -1.94. The Morgan fingerprint density at radius 2 is 2.00 bits per heavy atom. The maximum atomic E-state index is 5.01. The molecule has 0 nitrogen and oxygen atoms in total. The Kier molecular flexibility index (Phi) is 8.04. The Balaban J connectivity index is 0. The van der Waals surface area contributed by atoms with Crippen LogP contribution in [0, 0.1) is 12.3 Å². The molecule has 0 N–H and O–H groups in total. The first-order valence-corrected chi connectivity index (χ1v) is 5.33. The molecule has 0 saturated carbocycles. The van der Waals surface area contributed by atoms with Gasteiger partial charge in [-0.15, -0.1) is 12.3 Å². The smallest absolute Gasteiger partial charge is 0.0443 e. The zero-order valence-electron chi connectivity index (χ0n) is 4.77. The molecule has 0 spiro atoms. The fourth-order valence-electron chi connectivity index (χ4n) is 0.236. The van der Waals surface area contributed by atoms with Crippen LogP contribution in [0.5, 0.6) is 0 Å². The minimum atomic E-state index is -0.407. The molecule has 0 aromatic heterocycles. The number of rotatable bonds is 1. The van der Waals surface area contributed by atoms with Crippen LogP contribution in [0.2, 0.25) is 19.1 Å². The molecule has 0 bridgehead atoms. The van der Waals surface area contributed by atoms with E-state index in [1.807, 2.05) is 0 Å². The summed E-state index contributed by atoms with van der Waals surface area (Å²) in [4.78, 5) is 0. The average molecular weight is 118 g/mol. The van der Waals surface area contributed by atoms with Crippen LogP contribution < -0.4 is 0 Å². The first-order valence-electron chi connectivity index (χ1n) is 2.21. The van der Waals surface area contributed by atoms with E-state index in [1.54, 1.807) is 0 Å². The highest BCUT2D eigenvalue weighted by Crippen LogP contribution is 1.84. The van der Waals surface area contributed by atoms with Crippen molar-refractivity contribution in [2.24, 2.45) is 0 Å². The van der Waals surface area contributed by atoms with Crippen molar-refractivity contribution in [1.29, 1.82) is 0 Å². The summed E-state index contributed by atoms with van der Waals surface area (Å²) in [5.74, 6) is 2.63. The molecule has 0 aromatic carbocycles. The Bertz CT molecular complexity index is 63.0. The van der Waals surface area contributed by atoms with Crippen LogP contribution in [-0.4, -0.2) is 8.80 Å². The molecular formula is C5H11FSi. The van der Waals surface area contributed by atoms with Crippen LogP contribution in [0.4, 0.5) is 4.70 Å². The van der Waals surface area contributed by atoms with Gasteiger partial charge in [0.1, 0.15) is 0 Å². The lowest BCUT2D eigenvalue weighted by Gasteiger charge is -1.87. The monoisotopic (exact) mass is 118 g/mol. The zero-order chi connectivity index (χ0) is 4.99. The van der Waals surface area contributed by atoms with Gasteiger partial charge < -0.3 is 0 Å². The maximum Gasteiger partial charge on any atom is 0.0443 e. The van der Waals surface area contributed by atoms with Gasteiger partial charge in [0.15, 0.2) is 0 Å². The molecule has 0 saturated heterocycles. The third-order valence-electron chi connectivity index (χ3n) is 0.526. The molecule has 0 atom stereocenters.